The third kappa shape index (κ3) is 3.78. The van der Waals surface area contributed by atoms with Crippen molar-refractivity contribution in [3.05, 3.63) is 36.0 Å². The fourth-order valence-corrected chi connectivity index (χ4v) is 7.23. The molecular weight excluding hydrogens is 442 g/mol. The van der Waals surface area contributed by atoms with E-state index >= 15 is 0 Å². The smallest absolute Gasteiger partial charge is 0.201 e. The van der Waals surface area contributed by atoms with Gasteiger partial charge in [-0.1, -0.05) is 63.1 Å². The molecule has 1 aliphatic carbocycles. The number of ether oxygens (including phenoxy) is 2. The molecule has 7 nitrogen and oxygen atoms in total. The summed E-state index contributed by atoms with van der Waals surface area (Å²) in [4.78, 5) is 12.3. The molecule has 5 fully saturated rings. The molecule has 0 radical (unpaired) electrons. The molecular formula is C28H39N3O4. The second kappa shape index (κ2) is 8.94. The molecule has 4 saturated heterocycles. The predicted molar refractivity (Wildman–Crippen MR) is 131 cm³/mol. The van der Waals surface area contributed by atoms with Gasteiger partial charge in [-0.05, 0) is 56.4 Å². The standard InChI is InChI=1S/C28H39N3O4/c1-5-6-7-8-20-10-12-21(13-11-20)24-17-29-30-31(24)25-19(3)23-14-9-18(2)22-15-16-27(4)33-26(32-25)28(22,23)35-34-27/h10-13,17-19,22-23,25-26H,5-9,14-16H2,1-4H3/t18-,19-,22+,23+,25-,26-,27+,28-/m1/s1. The summed E-state index contributed by atoms with van der Waals surface area (Å²) in [6.45, 7) is 8.81. The largest absolute Gasteiger partial charge is 0.324 e. The molecule has 2 aromatic rings. The molecule has 35 heavy (non-hydrogen) atoms. The summed E-state index contributed by atoms with van der Waals surface area (Å²) in [7, 11) is 0. The number of rotatable bonds is 6. The van der Waals surface area contributed by atoms with Crippen molar-refractivity contribution in [1.29, 1.82) is 0 Å². The highest BCUT2D eigenvalue weighted by Gasteiger charge is 2.69. The molecule has 7 rings (SSSR count). The summed E-state index contributed by atoms with van der Waals surface area (Å²) >= 11 is 0. The second-order valence-corrected chi connectivity index (χ2v) is 11.5. The van der Waals surface area contributed by atoms with Crippen LogP contribution in [0.4, 0.5) is 0 Å². The van der Waals surface area contributed by atoms with E-state index in [-0.39, 0.29) is 18.1 Å². The quantitative estimate of drug-likeness (QED) is 0.369. The first kappa shape index (κ1) is 23.6. The molecule has 0 amide bonds. The number of benzene rings is 1. The summed E-state index contributed by atoms with van der Waals surface area (Å²) < 4.78 is 15.3. The van der Waals surface area contributed by atoms with Crippen molar-refractivity contribution >= 4 is 0 Å². The Balaban J connectivity index is 1.31. The summed E-state index contributed by atoms with van der Waals surface area (Å²) in [5.74, 6) is 0.556. The third-order valence-electron chi connectivity index (χ3n) is 9.26. The van der Waals surface area contributed by atoms with Gasteiger partial charge in [-0.15, -0.1) is 5.10 Å². The Hall–Kier alpha value is -1.80. The molecule has 2 bridgehead atoms. The maximum absolute atomic E-state index is 6.79. The van der Waals surface area contributed by atoms with Crippen molar-refractivity contribution in [3.63, 3.8) is 0 Å². The highest BCUT2D eigenvalue weighted by atomic mass is 17.3. The van der Waals surface area contributed by atoms with Gasteiger partial charge in [0.2, 0.25) is 5.79 Å². The van der Waals surface area contributed by atoms with Gasteiger partial charge < -0.3 is 9.47 Å². The zero-order chi connectivity index (χ0) is 24.2. The van der Waals surface area contributed by atoms with Crippen LogP contribution >= 0.6 is 0 Å². The molecule has 1 spiro atoms. The Bertz CT molecular complexity index is 1040. The van der Waals surface area contributed by atoms with Crippen molar-refractivity contribution in [3.8, 4) is 11.3 Å². The number of hydrogen-bond acceptors (Lipinski definition) is 6. The van der Waals surface area contributed by atoms with Crippen LogP contribution in [-0.2, 0) is 25.7 Å². The summed E-state index contributed by atoms with van der Waals surface area (Å²) in [6.07, 6.45) is 10.0. The van der Waals surface area contributed by atoms with Crippen LogP contribution in [0.15, 0.2) is 30.5 Å². The minimum atomic E-state index is -0.776. The summed E-state index contributed by atoms with van der Waals surface area (Å²) in [5.41, 5.74) is 2.89. The second-order valence-electron chi connectivity index (χ2n) is 11.5. The van der Waals surface area contributed by atoms with Crippen LogP contribution < -0.4 is 0 Å². The lowest BCUT2D eigenvalue weighted by atomic mass is 9.58. The van der Waals surface area contributed by atoms with Gasteiger partial charge in [0, 0.05) is 23.8 Å². The van der Waals surface area contributed by atoms with Crippen LogP contribution in [0.3, 0.4) is 0 Å². The number of nitrogens with zero attached hydrogens (tertiary/aromatic N) is 3. The first-order valence-electron chi connectivity index (χ1n) is 13.6. The normalized spacial score (nSPS) is 40.3. The summed E-state index contributed by atoms with van der Waals surface area (Å²) in [6, 6.07) is 8.84. The number of unbranched alkanes of at least 4 members (excludes halogenated alkanes) is 2. The van der Waals surface area contributed by atoms with E-state index in [4.69, 9.17) is 19.2 Å². The van der Waals surface area contributed by atoms with E-state index in [1.165, 1.54) is 31.2 Å². The zero-order valence-corrected chi connectivity index (χ0v) is 21.5. The predicted octanol–water partition coefficient (Wildman–Crippen LogP) is 6.06. The Morgan fingerprint density at radius 3 is 2.66 bits per heavy atom. The van der Waals surface area contributed by atoms with E-state index < -0.39 is 17.7 Å². The maximum Gasteiger partial charge on any atom is 0.201 e. The number of hydrogen-bond donors (Lipinski definition) is 0. The first-order valence-corrected chi connectivity index (χ1v) is 13.6. The molecule has 7 heteroatoms. The average molecular weight is 482 g/mol. The van der Waals surface area contributed by atoms with Crippen molar-refractivity contribution in [1.82, 2.24) is 15.0 Å². The van der Waals surface area contributed by atoms with Gasteiger partial charge in [0.05, 0.1) is 11.9 Å². The van der Waals surface area contributed by atoms with E-state index in [9.17, 15) is 0 Å². The fourth-order valence-electron chi connectivity index (χ4n) is 7.23. The maximum atomic E-state index is 6.79. The SMILES string of the molecule is CCCCCc1ccc(-c2cnnn2[C@@H]2O[C@@H]3O[C@]4(C)CC[C@H]5[C@H](C)CC[C@@H]([C@H]2C)[C@@]35OO4)cc1. The van der Waals surface area contributed by atoms with E-state index in [2.05, 4.69) is 55.3 Å². The third-order valence-corrected chi connectivity index (χ3v) is 9.26. The van der Waals surface area contributed by atoms with Gasteiger partial charge in [-0.3, -0.25) is 0 Å². The topological polar surface area (TPSA) is 67.6 Å². The Labute approximate surface area is 208 Å². The molecule has 0 N–H and O–H groups in total. The van der Waals surface area contributed by atoms with Gasteiger partial charge in [-0.25, -0.2) is 14.5 Å². The molecule has 190 valence electrons. The van der Waals surface area contributed by atoms with Crippen LogP contribution in [0.1, 0.15) is 84.4 Å². The lowest BCUT2D eigenvalue weighted by Crippen LogP contribution is -2.69. The van der Waals surface area contributed by atoms with Crippen LogP contribution in [0, 0.1) is 23.7 Å². The van der Waals surface area contributed by atoms with Gasteiger partial charge in [0.15, 0.2) is 18.1 Å². The lowest BCUT2D eigenvalue weighted by Gasteiger charge is -2.60. The zero-order valence-electron chi connectivity index (χ0n) is 21.5. The number of aryl methyl sites for hydroxylation is 1. The lowest BCUT2D eigenvalue weighted by molar-refractivity contribution is -0.574. The van der Waals surface area contributed by atoms with Gasteiger partial charge in [-0.2, -0.15) is 0 Å². The molecule has 5 aliphatic rings. The van der Waals surface area contributed by atoms with Gasteiger partial charge >= 0.3 is 0 Å². The minimum Gasteiger partial charge on any atom is -0.324 e. The molecule has 1 aromatic heterocycles. The van der Waals surface area contributed by atoms with Crippen molar-refractivity contribution < 1.29 is 19.2 Å². The fraction of sp³-hybridized carbons (Fsp3) is 0.714. The van der Waals surface area contributed by atoms with Crippen LogP contribution in [-0.4, -0.2) is 32.7 Å². The van der Waals surface area contributed by atoms with E-state index in [1.807, 2.05) is 17.8 Å². The molecule has 0 unspecified atom stereocenters. The highest BCUT2D eigenvalue weighted by Crippen LogP contribution is 2.62. The average Bonchev–Trinajstić information content (AvgIpc) is 3.23. The molecule has 1 saturated carbocycles. The molecule has 8 atom stereocenters. The van der Waals surface area contributed by atoms with Gasteiger partial charge in [0.25, 0.3) is 0 Å². The van der Waals surface area contributed by atoms with Crippen molar-refractivity contribution in [2.75, 3.05) is 0 Å². The van der Waals surface area contributed by atoms with Crippen LogP contribution in [0.5, 0.6) is 0 Å². The first-order chi connectivity index (χ1) is 16.9. The Morgan fingerprint density at radius 2 is 1.86 bits per heavy atom. The molecule has 1 aromatic carbocycles. The Morgan fingerprint density at radius 1 is 1.03 bits per heavy atom. The number of aromatic nitrogens is 3. The number of fused-ring (bicyclic) bond motifs is 2. The minimum absolute atomic E-state index is 0.171. The van der Waals surface area contributed by atoms with E-state index in [0.717, 1.165) is 36.9 Å². The summed E-state index contributed by atoms with van der Waals surface area (Å²) in [5, 5.41) is 8.82. The van der Waals surface area contributed by atoms with Gasteiger partial charge in [0.1, 0.15) is 0 Å². The van der Waals surface area contributed by atoms with Crippen LogP contribution in [0.25, 0.3) is 11.3 Å². The highest BCUT2D eigenvalue weighted by molar-refractivity contribution is 5.58. The van der Waals surface area contributed by atoms with E-state index in [0.29, 0.717) is 11.8 Å². The monoisotopic (exact) mass is 481 g/mol. The molecule has 4 aliphatic heterocycles. The van der Waals surface area contributed by atoms with E-state index in [1.54, 1.807) is 0 Å². The van der Waals surface area contributed by atoms with Crippen molar-refractivity contribution in [2.45, 2.75) is 103 Å². The molecule has 5 heterocycles. The van der Waals surface area contributed by atoms with Crippen LogP contribution in [0.2, 0.25) is 0 Å². The van der Waals surface area contributed by atoms with Crippen molar-refractivity contribution in [2.24, 2.45) is 23.7 Å². The Kier molecular flexibility index (Phi) is 6.03.